The fourth-order valence-electron chi connectivity index (χ4n) is 1.91. The van der Waals surface area contributed by atoms with E-state index in [9.17, 15) is 0 Å². The molecule has 1 aromatic heterocycles. The summed E-state index contributed by atoms with van der Waals surface area (Å²) in [6, 6.07) is 19.1. The van der Waals surface area contributed by atoms with E-state index in [2.05, 4.69) is 9.97 Å². The summed E-state index contributed by atoms with van der Waals surface area (Å²) in [5, 5.41) is 0. The van der Waals surface area contributed by atoms with Gasteiger partial charge in [0.15, 0.2) is 0 Å². The summed E-state index contributed by atoms with van der Waals surface area (Å²) in [5.74, 6) is 1.76. The first-order valence-electron chi connectivity index (χ1n) is 6.24. The van der Waals surface area contributed by atoms with Crippen molar-refractivity contribution < 1.29 is 4.74 Å². The minimum absolute atomic E-state index is 0.247. The van der Waals surface area contributed by atoms with Gasteiger partial charge in [0.05, 0.1) is 5.69 Å². The smallest absolute Gasteiger partial charge is 0.220 e. The Bertz CT molecular complexity index is 714. The molecule has 0 unspecified atom stereocenters. The number of ether oxygens (including phenoxy) is 1. The molecule has 0 aliphatic rings. The highest BCUT2D eigenvalue weighted by atomic mass is 16.5. The van der Waals surface area contributed by atoms with Crippen LogP contribution in [0, 0.1) is 0 Å². The third-order valence-corrected chi connectivity index (χ3v) is 2.81. The topological polar surface area (TPSA) is 61.0 Å². The molecule has 2 aromatic carbocycles. The molecule has 3 aromatic rings. The van der Waals surface area contributed by atoms with Crippen molar-refractivity contribution >= 4 is 5.95 Å². The molecule has 0 atom stereocenters. The molecule has 0 spiro atoms. The monoisotopic (exact) mass is 263 g/mol. The molecule has 2 N–H and O–H groups in total. The quantitative estimate of drug-likeness (QED) is 0.785. The van der Waals surface area contributed by atoms with E-state index >= 15 is 0 Å². The number of rotatable bonds is 3. The number of anilines is 1. The van der Waals surface area contributed by atoms with Gasteiger partial charge in [-0.2, -0.15) is 0 Å². The lowest BCUT2D eigenvalue weighted by atomic mass is 10.1. The van der Waals surface area contributed by atoms with Crippen LogP contribution in [0.3, 0.4) is 0 Å². The van der Waals surface area contributed by atoms with Crippen molar-refractivity contribution in [2.24, 2.45) is 0 Å². The fourth-order valence-corrected chi connectivity index (χ4v) is 1.91. The third kappa shape index (κ3) is 2.59. The minimum Gasteiger partial charge on any atom is -0.457 e. The Labute approximate surface area is 116 Å². The molecule has 4 nitrogen and oxygen atoms in total. The molecule has 0 bridgehead atoms. The summed E-state index contributed by atoms with van der Waals surface area (Å²) in [6.07, 6.45) is 1.64. The lowest BCUT2D eigenvalue weighted by molar-refractivity contribution is 0.484. The maximum atomic E-state index is 5.90. The first-order chi connectivity index (χ1) is 9.83. The standard InChI is InChI=1S/C16H13N3O/c17-16-18-11-10-14(19-16)13-8-4-5-9-15(13)20-12-6-2-1-3-7-12/h1-11H,(H2,17,18,19). The lowest BCUT2D eigenvalue weighted by Gasteiger charge is -2.10. The average molecular weight is 263 g/mol. The van der Waals surface area contributed by atoms with Crippen molar-refractivity contribution in [2.45, 2.75) is 0 Å². The van der Waals surface area contributed by atoms with E-state index in [1.807, 2.05) is 60.7 Å². The molecule has 0 saturated heterocycles. The van der Waals surface area contributed by atoms with Crippen LogP contribution < -0.4 is 10.5 Å². The van der Waals surface area contributed by atoms with Gasteiger partial charge in [0.25, 0.3) is 0 Å². The summed E-state index contributed by atoms with van der Waals surface area (Å²) < 4.78 is 5.90. The van der Waals surface area contributed by atoms with Crippen LogP contribution in [0.4, 0.5) is 5.95 Å². The number of nitrogen functional groups attached to an aromatic ring is 1. The summed E-state index contributed by atoms with van der Waals surface area (Å²) in [5.41, 5.74) is 7.26. The highest BCUT2D eigenvalue weighted by molar-refractivity contribution is 5.68. The molecule has 0 radical (unpaired) electrons. The van der Waals surface area contributed by atoms with Gasteiger partial charge in [0, 0.05) is 11.8 Å². The number of para-hydroxylation sites is 2. The number of nitrogens with two attached hydrogens (primary N) is 1. The Balaban J connectivity index is 2.00. The predicted molar refractivity (Wildman–Crippen MR) is 78.4 cm³/mol. The number of nitrogens with zero attached hydrogens (tertiary/aromatic N) is 2. The van der Waals surface area contributed by atoms with E-state index in [0.717, 1.165) is 22.8 Å². The Morgan fingerprint density at radius 1 is 0.850 bits per heavy atom. The lowest BCUT2D eigenvalue weighted by Crippen LogP contribution is -1.96. The summed E-state index contributed by atoms with van der Waals surface area (Å²) in [4.78, 5) is 8.14. The Morgan fingerprint density at radius 3 is 2.40 bits per heavy atom. The van der Waals surface area contributed by atoms with Crippen LogP contribution in [0.5, 0.6) is 11.5 Å². The van der Waals surface area contributed by atoms with Crippen LogP contribution >= 0.6 is 0 Å². The van der Waals surface area contributed by atoms with Crippen molar-refractivity contribution in [1.29, 1.82) is 0 Å². The molecule has 0 amide bonds. The van der Waals surface area contributed by atoms with E-state index in [0.29, 0.717) is 0 Å². The van der Waals surface area contributed by atoms with Crippen molar-refractivity contribution in [1.82, 2.24) is 9.97 Å². The minimum atomic E-state index is 0.247. The average Bonchev–Trinajstić information content (AvgIpc) is 2.49. The summed E-state index contributed by atoms with van der Waals surface area (Å²) >= 11 is 0. The fraction of sp³-hybridized carbons (Fsp3) is 0. The van der Waals surface area contributed by atoms with Crippen LogP contribution in [0.1, 0.15) is 0 Å². The maximum absolute atomic E-state index is 5.90. The number of hydrogen-bond donors (Lipinski definition) is 1. The van der Waals surface area contributed by atoms with Crippen LogP contribution in [0.15, 0.2) is 66.9 Å². The maximum Gasteiger partial charge on any atom is 0.220 e. The highest BCUT2D eigenvalue weighted by Gasteiger charge is 2.08. The molecule has 0 aliphatic heterocycles. The van der Waals surface area contributed by atoms with Gasteiger partial charge >= 0.3 is 0 Å². The predicted octanol–water partition coefficient (Wildman–Crippen LogP) is 3.52. The Hall–Kier alpha value is -2.88. The van der Waals surface area contributed by atoms with Crippen LogP contribution in [0.2, 0.25) is 0 Å². The molecule has 1 heterocycles. The van der Waals surface area contributed by atoms with E-state index < -0.39 is 0 Å². The zero-order valence-corrected chi connectivity index (χ0v) is 10.7. The SMILES string of the molecule is Nc1nccc(-c2ccccc2Oc2ccccc2)n1. The van der Waals surface area contributed by atoms with Gasteiger partial charge in [-0.3, -0.25) is 0 Å². The molecule has 0 aliphatic carbocycles. The van der Waals surface area contributed by atoms with Gasteiger partial charge in [-0.1, -0.05) is 30.3 Å². The van der Waals surface area contributed by atoms with Crippen molar-refractivity contribution in [3.05, 3.63) is 66.9 Å². The summed E-state index contributed by atoms with van der Waals surface area (Å²) in [7, 11) is 0. The largest absolute Gasteiger partial charge is 0.457 e. The molecular formula is C16H13N3O. The third-order valence-electron chi connectivity index (χ3n) is 2.81. The van der Waals surface area contributed by atoms with Crippen LogP contribution in [0.25, 0.3) is 11.3 Å². The zero-order chi connectivity index (χ0) is 13.8. The first-order valence-corrected chi connectivity index (χ1v) is 6.24. The second-order valence-electron chi connectivity index (χ2n) is 4.21. The van der Waals surface area contributed by atoms with Crippen molar-refractivity contribution in [3.63, 3.8) is 0 Å². The van der Waals surface area contributed by atoms with Gasteiger partial charge in [0.2, 0.25) is 5.95 Å². The molecular weight excluding hydrogens is 250 g/mol. The molecule has 20 heavy (non-hydrogen) atoms. The highest BCUT2D eigenvalue weighted by Crippen LogP contribution is 2.31. The number of aromatic nitrogens is 2. The Kier molecular flexibility index (Phi) is 3.29. The van der Waals surface area contributed by atoms with E-state index in [4.69, 9.17) is 10.5 Å². The summed E-state index contributed by atoms with van der Waals surface area (Å²) in [6.45, 7) is 0. The van der Waals surface area contributed by atoms with Gasteiger partial charge in [-0.15, -0.1) is 0 Å². The van der Waals surface area contributed by atoms with E-state index in [-0.39, 0.29) is 5.95 Å². The molecule has 0 fully saturated rings. The second kappa shape index (κ2) is 5.40. The first kappa shape index (κ1) is 12.2. The molecule has 3 rings (SSSR count). The molecule has 4 heteroatoms. The van der Waals surface area contributed by atoms with Gasteiger partial charge in [-0.05, 0) is 30.3 Å². The van der Waals surface area contributed by atoms with Gasteiger partial charge in [0.1, 0.15) is 11.5 Å². The second-order valence-corrected chi connectivity index (χ2v) is 4.21. The van der Waals surface area contributed by atoms with Crippen LogP contribution in [-0.2, 0) is 0 Å². The zero-order valence-electron chi connectivity index (χ0n) is 10.7. The molecule has 0 saturated carbocycles. The Morgan fingerprint density at radius 2 is 1.60 bits per heavy atom. The normalized spacial score (nSPS) is 10.2. The van der Waals surface area contributed by atoms with Gasteiger partial charge < -0.3 is 10.5 Å². The van der Waals surface area contributed by atoms with E-state index in [1.165, 1.54) is 0 Å². The number of hydrogen-bond acceptors (Lipinski definition) is 4. The van der Waals surface area contributed by atoms with Gasteiger partial charge in [-0.25, -0.2) is 9.97 Å². The van der Waals surface area contributed by atoms with Crippen LogP contribution in [-0.4, -0.2) is 9.97 Å². The molecule has 98 valence electrons. The number of benzene rings is 2. The van der Waals surface area contributed by atoms with Crippen molar-refractivity contribution in [2.75, 3.05) is 5.73 Å². The van der Waals surface area contributed by atoms with Crippen molar-refractivity contribution in [3.8, 4) is 22.8 Å². The van der Waals surface area contributed by atoms with E-state index in [1.54, 1.807) is 6.20 Å².